The van der Waals surface area contributed by atoms with Crippen LogP contribution < -0.4 is 9.64 Å². The van der Waals surface area contributed by atoms with Crippen molar-refractivity contribution in [2.24, 2.45) is 0 Å². The van der Waals surface area contributed by atoms with E-state index in [1.54, 1.807) is 18.6 Å². The molecule has 1 aromatic heterocycles. The first-order valence-electron chi connectivity index (χ1n) is 11.9. The molecule has 1 atom stereocenters. The molecule has 0 radical (unpaired) electrons. The molecule has 3 heterocycles. The van der Waals surface area contributed by atoms with Gasteiger partial charge in [0, 0.05) is 58.1 Å². The number of likely N-dealkylation sites (N-methyl/N-ethyl adjacent to an activating group) is 1. The molecule has 2 aliphatic rings. The maximum atomic E-state index is 11.6. The van der Waals surface area contributed by atoms with Gasteiger partial charge < -0.3 is 19.6 Å². The van der Waals surface area contributed by atoms with Crippen molar-refractivity contribution >= 4 is 11.7 Å². The molecular formula is C25H35N5O3. The maximum absolute atomic E-state index is 11.6. The minimum atomic E-state index is -0.774. The standard InChI is InChI=1S/C25H35N5O3/c1-28(19-25(32)10-3-14-30(20-25)23-17-26-11-12-27-23)18-21-6-8-22(9-7-21)33-16-4-15-29-13-2-5-24(29)31/h6-9,11-12,17,32H,2-5,10,13-16,18-20H2,1H3. The van der Waals surface area contributed by atoms with Crippen LogP contribution in [-0.4, -0.2) is 82.8 Å². The highest BCUT2D eigenvalue weighted by Gasteiger charge is 2.34. The van der Waals surface area contributed by atoms with Crippen molar-refractivity contribution in [3.8, 4) is 5.75 Å². The van der Waals surface area contributed by atoms with Crippen molar-refractivity contribution in [1.82, 2.24) is 19.8 Å². The Labute approximate surface area is 196 Å². The van der Waals surface area contributed by atoms with Crippen LogP contribution in [0.1, 0.15) is 37.7 Å². The second kappa shape index (κ2) is 10.9. The third-order valence-electron chi connectivity index (χ3n) is 6.38. The molecule has 2 aliphatic heterocycles. The number of piperidine rings is 1. The smallest absolute Gasteiger partial charge is 0.222 e. The number of aromatic nitrogens is 2. The topological polar surface area (TPSA) is 82.0 Å². The average molecular weight is 454 g/mol. The van der Waals surface area contributed by atoms with Crippen molar-refractivity contribution < 1.29 is 14.6 Å². The number of benzene rings is 1. The van der Waals surface area contributed by atoms with E-state index in [0.29, 0.717) is 26.1 Å². The van der Waals surface area contributed by atoms with Gasteiger partial charge in [-0.1, -0.05) is 12.1 Å². The van der Waals surface area contributed by atoms with E-state index in [2.05, 4.69) is 31.9 Å². The van der Waals surface area contributed by atoms with E-state index in [-0.39, 0.29) is 5.91 Å². The van der Waals surface area contributed by atoms with Crippen LogP contribution in [0.5, 0.6) is 5.75 Å². The van der Waals surface area contributed by atoms with Gasteiger partial charge in [0.05, 0.1) is 18.4 Å². The predicted octanol–water partition coefficient (Wildman–Crippen LogP) is 2.33. The lowest BCUT2D eigenvalue weighted by atomic mass is 9.92. The van der Waals surface area contributed by atoms with Crippen molar-refractivity contribution in [1.29, 1.82) is 0 Å². The molecule has 1 unspecified atom stereocenters. The van der Waals surface area contributed by atoms with E-state index >= 15 is 0 Å². The number of hydrogen-bond donors (Lipinski definition) is 1. The van der Waals surface area contributed by atoms with Gasteiger partial charge in [-0.05, 0) is 50.4 Å². The zero-order chi connectivity index (χ0) is 23.1. The molecule has 2 aromatic rings. The molecular weight excluding hydrogens is 418 g/mol. The Morgan fingerprint density at radius 3 is 2.76 bits per heavy atom. The number of carbonyl (C=O) groups is 1. The van der Waals surface area contributed by atoms with Crippen LogP contribution in [0.4, 0.5) is 5.82 Å². The van der Waals surface area contributed by atoms with E-state index in [1.807, 2.05) is 24.1 Å². The lowest BCUT2D eigenvalue weighted by Crippen LogP contribution is -2.54. The first kappa shape index (κ1) is 23.4. The van der Waals surface area contributed by atoms with Gasteiger partial charge in [0.25, 0.3) is 0 Å². The van der Waals surface area contributed by atoms with Crippen LogP contribution >= 0.6 is 0 Å². The molecule has 1 amide bonds. The van der Waals surface area contributed by atoms with E-state index in [0.717, 1.165) is 63.4 Å². The molecule has 1 N–H and O–H groups in total. The highest BCUT2D eigenvalue weighted by molar-refractivity contribution is 5.77. The Bertz CT molecular complexity index is 895. The first-order chi connectivity index (χ1) is 16.0. The number of aliphatic hydroxyl groups is 1. The highest BCUT2D eigenvalue weighted by Crippen LogP contribution is 2.26. The van der Waals surface area contributed by atoms with Crippen LogP contribution in [0.2, 0.25) is 0 Å². The molecule has 0 aliphatic carbocycles. The summed E-state index contributed by atoms with van der Waals surface area (Å²) in [7, 11) is 2.04. The fraction of sp³-hybridized carbons (Fsp3) is 0.560. The fourth-order valence-corrected chi connectivity index (χ4v) is 4.84. The van der Waals surface area contributed by atoms with Crippen LogP contribution in [0.3, 0.4) is 0 Å². The summed E-state index contributed by atoms with van der Waals surface area (Å²) in [5, 5.41) is 11.2. The Morgan fingerprint density at radius 1 is 1.18 bits per heavy atom. The molecule has 4 rings (SSSR count). The maximum Gasteiger partial charge on any atom is 0.222 e. The van der Waals surface area contributed by atoms with Gasteiger partial charge in [0.15, 0.2) is 0 Å². The number of amides is 1. The first-order valence-corrected chi connectivity index (χ1v) is 11.9. The Balaban J connectivity index is 1.21. The van der Waals surface area contributed by atoms with E-state index in [1.165, 1.54) is 5.56 Å². The van der Waals surface area contributed by atoms with Crippen LogP contribution in [0.15, 0.2) is 42.9 Å². The van der Waals surface area contributed by atoms with Crippen LogP contribution in [0.25, 0.3) is 0 Å². The van der Waals surface area contributed by atoms with Crippen LogP contribution in [0, 0.1) is 0 Å². The summed E-state index contributed by atoms with van der Waals surface area (Å²) in [5.74, 6) is 1.93. The Kier molecular flexibility index (Phi) is 7.77. The summed E-state index contributed by atoms with van der Waals surface area (Å²) in [6.07, 6.45) is 9.34. The monoisotopic (exact) mass is 453 g/mol. The predicted molar refractivity (Wildman–Crippen MR) is 127 cm³/mol. The SMILES string of the molecule is CN(Cc1ccc(OCCCN2CCCC2=O)cc1)CC1(O)CCCN(c2cnccn2)C1. The lowest BCUT2D eigenvalue weighted by molar-refractivity contribution is -0.127. The molecule has 2 fully saturated rings. The molecule has 0 saturated carbocycles. The normalized spacial score (nSPS) is 21.1. The molecule has 8 nitrogen and oxygen atoms in total. The number of ether oxygens (including phenoxy) is 1. The van der Waals surface area contributed by atoms with Gasteiger partial charge in [0.2, 0.25) is 5.91 Å². The number of anilines is 1. The minimum absolute atomic E-state index is 0.266. The van der Waals surface area contributed by atoms with Crippen LogP contribution in [-0.2, 0) is 11.3 Å². The summed E-state index contributed by atoms with van der Waals surface area (Å²) in [5.41, 5.74) is 0.405. The van der Waals surface area contributed by atoms with E-state index in [9.17, 15) is 9.90 Å². The van der Waals surface area contributed by atoms with Crippen molar-refractivity contribution in [3.05, 3.63) is 48.4 Å². The summed E-state index contributed by atoms with van der Waals surface area (Å²) in [4.78, 5) is 26.4. The lowest BCUT2D eigenvalue weighted by Gasteiger charge is -2.41. The minimum Gasteiger partial charge on any atom is -0.494 e. The zero-order valence-electron chi connectivity index (χ0n) is 19.5. The van der Waals surface area contributed by atoms with E-state index < -0.39 is 5.60 Å². The molecule has 8 heteroatoms. The van der Waals surface area contributed by atoms with Crippen molar-refractivity contribution in [2.45, 2.75) is 44.2 Å². The summed E-state index contributed by atoms with van der Waals surface area (Å²) >= 11 is 0. The summed E-state index contributed by atoms with van der Waals surface area (Å²) < 4.78 is 5.84. The molecule has 178 valence electrons. The summed E-state index contributed by atoms with van der Waals surface area (Å²) in [6, 6.07) is 8.14. The summed E-state index contributed by atoms with van der Waals surface area (Å²) in [6.45, 7) is 5.07. The van der Waals surface area contributed by atoms with Crippen molar-refractivity contribution in [2.75, 3.05) is 51.3 Å². The fourth-order valence-electron chi connectivity index (χ4n) is 4.84. The number of rotatable bonds is 10. The van der Waals surface area contributed by atoms with Gasteiger partial charge in [-0.2, -0.15) is 0 Å². The van der Waals surface area contributed by atoms with Gasteiger partial charge in [-0.3, -0.25) is 14.7 Å². The number of hydrogen-bond acceptors (Lipinski definition) is 7. The molecule has 0 bridgehead atoms. The number of β-amino-alcohol motifs (C(OH)–C–C–N with tert-alkyl or cyclic N) is 1. The average Bonchev–Trinajstić information content (AvgIpc) is 3.22. The molecule has 33 heavy (non-hydrogen) atoms. The molecule has 0 spiro atoms. The number of carbonyl (C=O) groups excluding carboxylic acids is 1. The second-order valence-electron chi connectivity index (χ2n) is 9.32. The van der Waals surface area contributed by atoms with Gasteiger partial charge in [-0.15, -0.1) is 0 Å². The van der Waals surface area contributed by atoms with Gasteiger partial charge in [0.1, 0.15) is 11.6 Å². The molecule has 2 saturated heterocycles. The van der Waals surface area contributed by atoms with Crippen molar-refractivity contribution in [3.63, 3.8) is 0 Å². The largest absolute Gasteiger partial charge is 0.494 e. The highest BCUT2D eigenvalue weighted by atomic mass is 16.5. The number of nitrogens with zero attached hydrogens (tertiary/aromatic N) is 5. The Hall–Kier alpha value is -2.71. The number of likely N-dealkylation sites (tertiary alicyclic amines) is 1. The second-order valence-corrected chi connectivity index (χ2v) is 9.32. The molecule has 1 aromatic carbocycles. The third kappa shape index (κ3) is 6.65. The quantitative estimate of drug-likeness (QED) is 0.553. The zero-order valence-corrected chi connectivity index (χ0v) is 19.5. The Morgan fingerprint density at radius 2 is 2.03 bits per heavy atom. The van der Waals surface area contributed by atoms with Gasteiger partial charge in [-0.25, -0.2) is 4.98 Å². The third-order valence-corrected chi connectivity index (χ3v) is 6.38. The van der Waals surface area contributed by atoms with E-state index in [4.69, 9.17) is 4.74 Å². The van der Waals surface area contributed by atoms with Gasteiger partial charge >= 0.3 is 0 Å².